The number of Topliss-reactive ketones (excluding diaryl/α,β-unsaturated/α-hetero) is 1. The third kappa shape index (κ3) is 3.82. The summed E-state index contributed by atoms with van der Waals surface area (Å²) in [6.45, 7) is 2.94. The number of phenolic OH excluding ortho intramolecular Hbond substituents is 1. The van der Waals surface area contributed by atoms with Crippen molar-refractivity contribution < 1.29 is 24.7 Å². The van der Waals surface area contributed by atoms with E-state index >= 15 is 0 Å². The molecule has 10 nitrogen and oxygen atoms in total. The van der Waals surface area contributed by atoms with Crippen molar-refractivity contribution in [1.82, 2.24) is 14.5 Å². The van der Waals surface area contributed by atoms with Gasteiger partial charge in [0.15, 0.2) is 11.6 Å². The fourth-order valence-corrected chi connectivity index (χ4v) is 3.45. The number of aromatic nitrogens is 2. The average Bonchev–Trinajstić information content (AvgIpc) is 3.13. The number of hydrogen-bond acceptors (Lipinski definition) is 7. The molecule has 1 aromatic carbocycles. The predicted octanol–water partition coefficient (Wildman–Crippen LogP) is 1.66. The number of ketones is 1. The first kappa shape index (κ1) is 20.1. The van der Waals surface area contributed by atoms with Crippen molar-refractivity contribution in [1.29, 1.82) is 0 Å². The van der Waals surface area contributed by atoms with E-state index in [-0.39, 0.29) is 42.4 Å². The van der Waals surface area contributed by atoms with Gasteiger partial charge in [0.05, 0.1) is 12.6 Å². The summed E-state index contributed by atoms with van der Waals surface area (Å²) in [5.74, 6) is -1.17. The molecule has 2 N–H and O–H groups in total. The molecule has 0 saturated carbocycles. The van der Waals surface area contributed by atoms with Gasteiger partial charge in [0, 0.05) is 13.3 Å². The molecule has 29 heavy (non-hydrogen) atoms. The van der Waals surface area contributed by atoms with Crippen LogP contribution in [-0.4, -0.2) is 53.9 Å². The van der Waals surface area contributed by atoms with Crippen molar-refractivity contribution in [2.75, 3.05) is 6.54 Å². The normalized spacial score (nSPS) is 16.6. The number of carbonyl (C=O) groups excluding carboxylic acids is 2. The summed E-state index contributed by atoms with van der Waals surface area (Å²) in [5.41, 5.74) is 0.470. The number of amides is 1. The van der Waals surface area contributed by atoms with Gasteiger partial charge in [0.25, 0.3) is 5.91 Å². The highest BCUT2D eigenvalue weighted by atomic mass is 16.6. The van der Waals surface area contributed by atoms with Crippen LogP contribution in [0.4, 0.5) is 5.82 Å². The SMILES string of the molecule is CC(=O)C1=C(O)C(Cc2ccc(O)cc2)N(CCn2c([N+](=O)[O-])cnc2C)C1=O. The van der Waals surface area contributed by atoms with Crippen molar-refractivity contribution in [2.45, 2.75) is 32.9 Å². The number of nitrogens with zero attached hydrogens (tertiary/aromatic N) is 4. The minimum Gasteiger partial charge on any atom is -0.509 e. The number of aliphatic hydroxyl groups is 1. The largest absolute Gasteiger partial charge is 0.509 e. The molecule has 1 aliphatic rings. The zero-order valence-corrected chi connectivity index (χ0v) is 15.9. The lowest BCUT2D eigenvalue weighted by Crippen LogP contribution is -2.39. The second kappa shape index (κ2) is 7.74. The van der Waals surface area contributed by atoms with E-state index in [2.05, 4.69) is 4.98 Å². The first-order valence-electron chi connectivity index (χ1n) is 8.90. The van der Waals surface area contributed by atoms with Crippen molar-refractivity contribution in [3.05, 3.63) is 63.3 Å². The Morgan fingerprint density at radius 2 is 1.90 bits per heavy atom. The molecule has 1 unspecified atom stereocenters. The van der Waals surface area contributed by atoms with Gasteiger partial charge >= 0.3 is 5.82 Å². The van der Waals surface area contributed by atoms with Gasteiger partial charge in [0.1, 0.15) is 29.8 Å². The van der Waals surface area contributed by atoms with Gasteiger partial charge in [-0.15, -0.1) is 0 Å². The lowest BCUT2D eigenvalue weighted by molar-refractivity contribution is -0.392. The Labute approximate surface area is 165 Å². The summed E-state index contributed by atoms with van der Waals surface area (Å²) in [5, 5.41) is 31.2. The summed E-state index contributed by atoms with van der Waals surface area (Å²) in [6, 6.07) is 5.50. The van der Waals surface area contributed by atoms with Crippen LogP contribution in [0, 0.1) is 17.0 Å². The van der Waals surface area contributed by atoms with Crippen LogP contribution in [-0.2, 0) is 22.6 Å². The van der Waals surface area contributed by atoms with E-state index in [4.69, 9.17) is 0 Å². The first-order valence-corrected chi connectivity index (χ1v) is 8.90. The molecule has 0 fully saturated rings. The molecule has 1 amide bonds. The van der Waals surface area contributed by atoms with E-state index in [9.17, 15) is 29.9 Å². The Kier molecular flexibility index (Phi) is 5.35. The quantitative estimate of drug-likeness (QED) is 0.409. The molecule has 1 aliphatic heterocycles. The molecule has 0 saturated heterocycles. The van der Waals surface area contributed by atoms with Crippen LogP contribution < -0.4 is 0 Å². The third-order valence-electron chi connectivity index (χ3n) is 4.93. The van der Waals surface area contributed by atoms with Gasteiger partial charge in [-0.3, -0.25) is 9.59 Å². The van der Waals surface area contributed by atoms with Crippen molar-refractivity contribution in [3.8, 4) is 5.75 Å². The summed E-state index contributed by atoms with van der Waals surface area (Å²) in [7, 11) is 0. The first-order chi connectivity index (χ1) is 13.7. The molecular weight excluding hydrogens is 380 g/mol. The van der Waals surface area contributed by atoms with E-state index in [1.54, 1.807) is 19.1 Å². The van der Waals surface area contributed by atoms with Crippen LogP contribution in [0.2, 0.25) is 0 Å². The number of benzene rings is 1. The minimum atomic E-state index is -0.783. The lowest BCUT2D eigenvalue weighted by atomic mass is 10.0. The Hall–Kier alpha value is -3.69. The van der Waals surface area contributed by atoms with Crippen LogP contribution in [0.3, 0.4) is 0 Å². The fourth-order valence-electron chi connectivity index (χ4n) is 3.45. The average molecular weight is 400 g/mol. The highest BCUT2D eigenvalue weighted by molar-refractivity contribution is 6.20. The van der Waals surface area contributed by atoms with E-state index in [1.165, 1.54) is 28.5 Å². The Balaban J connectivity index is 1.88. The minimum absolute atomic E-state index is 0.0421. The van der Waals surface area contributed by atoms with Crippen LogP contribution in [0.15, 0.2) is 41.8 Å². The van der Waals surface area contributed by atoms with Crippen LogP contribution in [0.25, 0.3) is 0 Å². The van der Waals surface area contributed by atoms with Gasteiger partial charge in [0.2, 0.25) is 0 Å². The Bertz CT molecular complexity index is 1010. The van der Waals surface area contributed by atoms with Crippen LogP contribution >= 0.6 is 0 Å². The predicted molar refractivity (Wildman–Crippen MR) is 101 cm³/mol. The maximum Gasteiger partial charge on any atom is 0.342 e. The molecule has 2 heterocycles. The molecule has 1 atom stereocenters. The number of rotatable bonds is 7. The Morgan fingerprint density at radius 1 is 1.24 bits per heavy atom. The Morgan fingerprint density at radius 3 is 2.48 bits per heavy atom. The van der Waals surface area contributed by atoms with E-state index in [0.29, 0.717) is 5.82 Å². The molecule has 10 heteroatoms. The molecular formula is C19H20N4O6. The molecule has 0 aliphatic carbocycles. The zero-order valence-electron chi connectivity index (χ0n) is 15.9. The van der Waals surface area contributed by atoms with Gasteiger partial charge in [-0.25, -0.2) is 9.55 Å². The van der Waals surface area contributed by atoms with E-state index in [1.807, 2.05) is 0 Å². The molecule has 1 aromatic heterocycles. The van der Waals surface area contributed by atoms with Gasteiger partial charge < -0.3 is 25.2 Å². The van der Waals surface area contributed by atoms with Crippen LogP contribution in [0.5, 0.6) is 5.75 Å². The number of carbonyl (C=O) groups is 2. The molecule has 3 rings (SSSR count). The number of aliphatic hydroxyl groups excluding tert-OH is 1. The number of phenols is 1. The van der Waals surface area contributed by atoms with Gasteiger partial charge in [-0.05, 0) is 29.5 Å². The number of hydrogen-bond donors (Lipinski definition) is 2. The molecule has 0 spiro atoms. The standard InChI is InChI=1S/C19H20N4O6/c1-11(24)17-18(26)15(9-13-3-5-14(25)6-4-13)22(19(17)27)8-7-21-12(2)20-10-16(21)23(28)29/h3-6,10,15,25-26H,7-9H2,1-2H3. The second-order valence-electron chi connectivity index (χ2n) is 6.77. The number of nitro groups is 1. The summed E-state index contributed by atoms with van der Waals surface area (Å²) in [6.07, 6.45) is 1.37. The highest BCUT2D eigenvalue weighted by Crippen LogP contribution is 2.28. The smallest absolute Gasteiger partial charge is 0.342 e. The monoisotopic (exact) mass is 400 g/mol. The second-order valence-corrected chi connectivity index (χ2v) is 6.77. The maximum absolute atomic E-state index is 12.8. The lowest BCUT2D eigenvalue weighted by Gasteiger charge is -2.25. The summed E-state index contributed by atoms with van der Waals surface area (Å²) >= 11 is 0. The number of imidazole rings is 1. The third-order valence-corrected chi connectivity index (χ3v) is 4.93. The number of aromatic hydroxyl groups is 1. The zero-order chi connectivity index (χ0) is 21.3. The van der Waals surface area contributed by atoms with Crippen LogP contribution in [0.1, 0.15) is 18.3 Å². The van der Waals surface area contributed by atoms with Crippen molar-refractivity contribution in [3.63, 3.8) is 0 Å². The van der Waals surface area contributed by atoms with Gasteiger partial charge in [-0.1, -0.05) is 12.1 Å². The highest BCUT2D eigenvalue weighted by Gasteiger charge is 2.41. The van der Waals surface area contributed by atoms with Crippen molar-refractivity contribution >= 4 is 17.5 Å². The summed E-state index contributed by atoms with van der Waals surface area (Å²) < 4.78 is 1.37. The topological polar surface area (TPSA) is 139 Å². The van der Waals surface area contributed by atoms with E-state index in [0.717, 1.165) is 11.8 Å². The maximum atomic E-state index is 12.8. The molecule has 0 bridgehead atoms. The fraction of sp³-hybridized carbons (Fsp3) is 0.316. The van der Waals surface area contributed by atoms with Gasteiger partial charge in [-0.2, -0.15) is 0 Å². The summed E-state index contributed by atoms with van der Waals surface area (Å²) in [4.78, 5) is 40.5. The number of aryl methyl sites for hydroxylation is 1. The van der Waals surface area contributed by atoms with E-state index < -0.39 is 22.7 Å². The van der Waals surface area contributed by atoms with Crippen molar-refractivity contribution in [2.24, 2.45) is 0 Å². The molecule has 0 radical (unpaired) electrons. The molecule has 152 valence electrons. The molecule has 2 aromatic rings.